The molecule has 0 aromatic heterocycles. The summed E-state index contributed by atoms with van der Waals surface area (Å²) in [5.74, 6) is -0.505. The molecule has 41 heavy (non-hydrogen) atoms. The molecule has 3 aromatic rings. The second-order valence-electron chi connectivity index (χ2n) is 9.83. The maximum absolute atomic E-state index is 13.8. The van der Waals surface area contributed by atoms with E-state index in [-0.39, 0.29) is 42.1 Å². The van der Waals surface area contributed by atoms with Gasteiger partial charge in [0.15, 0.2) is 6.61 Å². The fourth-order valence-electron chi connectivity index (χ4n) is 4.88. The highest BCUT2D eigenvalue weighted by Gasteiger charge is 2.33. The lowest BCUT2D eigenvalue weighted by Crippen LogP contribution is -2.53. The van der Waals surface area contributed by atoms with Crippen LogP contribution in [0.2, 0.25) is 10.0 Å². The van der Waals surface area contributed by atoms with Crippen LogP contribution in [0.5, 0.6) is 11.5 Å². The van der Waals surface area contributed by atoms with E-state index in [4.69, 9.17) is 32.7 Å². The molecule has 11 heteroatoms. The number of ether oxygens (including phenoxy) is 2. The maximum atomic E-state index is 13.8. The summed E-state index contributed by atoms with van der Waals surface area (Å²) in [6.07, 6.45) is 4.16. The molecule has 4 rings (SSSR count). The number of halogens is 2. The molecule has 0 saturated heterocycles. The summed E-state index contributed by atoms with van der Waals surface area (Å²) >= 11 is 12.6. The van der Waals surface area contributed by atoms with E-state index in [9.17, 15) is 19.7 Å². The minimum Gasteiger partial charge on any atom is -0.490 e. The fourth-order valence-corrected chi connectivity index (χ4v) is 5.35. The molecule has 0 unspecified atom stereocenters. The van der Waals surface area contributed by atoms with Crippen molar-refractivity contribution in [3.05, 3.63) is 98.0 Å². The predicted molar refractivity (Wildman–Crippen MR) is 156 cm³/mol. The summed E-state index contributed by atoms with van der Waals surface area (Å²) in [6.45, 7) is -0.383. The number of hydrogen-bond donors (Lipinski definition) is 1. The van der Waals surface area contributed by atoms with Crippen molar-refractivity contribution in [2.75, 3.05) is 13.7 Å². The zero-order chi connectivity index (χ0) is 29.4. The van der Waals surface area contributed by atoms with Gasteiger partial charge < -0.3 is 19.7 Å². The summed E-state index contributed by atoms with van der Waals surface area (Å²) in [4.78, 5) is 39.7. The van der Waals surface area contributed by atoms with Crippen LogP contribution in [-0.4, -0.2) is 47.4 Å². The third kappa shape index (κ3) is 8.11. The molecule has 1 atom stereocenters. The average Bonchev–Trinajstić information content (AvgIpc) is 3.48. The molecular formula is C30H31Cl2N3O6. The highest BCUT2D eigenvalue weighted by molar-refractivity contribution is 6.35. The number of benzene rings is 3. The van der Waals surface area contributed by atoms with E-state index in [2.05, 4.69) is 5.32 Å². The normalized spacial score (nSPS) is 13.8. The van der Waals surface area contributed by atoms with Gasteiger partial charge in [0.05, 0.1) is 12.0 Å². The minimum absolute atomic E-state index is 0.00245. The molecule has 0 heterocycles. The molecule has 1 aliphatic carbocycles. The molecule has 1 saturated carbocycles. The molecule has 216 valence electrons. The number of nitro benzene ring substituents is 1. The Morgan fingerprint density at radius 2 is 1.80 bits per heavy atom. The van der Waals surface area contributed by atoms with Crippen LogP contribution in [0.4, 0.5) is 5.69 Å². The topological polar surface area (TPSA) is 111 Å². The van der Waals surface area contributed by atoms with Gasteiger partial charge in [0, 0.05) is 41.2 Å². The van der Waals surface area contributed by atoms with Gasteiger partial charge in [-0.1, -0.05) is 72.4 Å². The molecule has 2 amide bonds. The lowest BCUT2D eigenvalue weighted by molar-refractivity contribution is -0.385. The molecule has 3 aromatic carbocycles. The quantitative estimate of drug-likeness (QED) is 0.202. The van der Waals surface area contributed by atoms with Gasteiger partial charge in [0.2, 0.25) is 11.7 Å². The smallest absolute Gasteiger partial charge is 0.311 e. The van der Waals surface area contributed by atoms with Crippen molar-refractivity contribution >= 4 is 40.7 Å². The Labute approximate surface area is 248 Å². The molecule has 0 radical (unpaired) electrons. The largest absolute Gasteiger partial charge is 0.490 e. The summed E-state index contributed by atoms with van der Waals surface area (Å²) < 4.78 is 10.9. The van der Waals surface area contributed by atoms with E-state index >= 15 is 0 Å². The molecule has 0 bridgehead atoms. The first-order chi connectivity index (χ1) is 19.7. The number of nitrogens with zero attached hydrogens (tertiary/aromatic N) is 2. The monoisotopic (exact) mass is 599 g/mol. The highest BCUT2D eigenvalue weighted by Crippen LogP contribution is 2.31. The lowest BCUT2D eigenvalue weighted by atomic mass is 10.0. The fraction of sp³-hybridized carbons (Fsp3) is 0.333. The Bertz CT molecular complexity index is 1380. The van der Waals surface area contributed by atoms with Crippen LogP contribution in [0.1, 0.15) is 36.8 Å². The third-order valence-corrected chi connectivity index (χ3v) is 7.63. The first-order valence-corrected chi connectivity index (χ1v) is 14.0. The second kappa shape index (κ2) is 14.2. The Balaban J connectivity index is 1.64. The van der Waals surface area contributed by atoms with Gasteiger partial charge in [-0.15, -0.1) is 0 Å². The van der Waals surface area contributed by atoms with E-state index in [0.717, 1.165) is 31.2 Å². The van der Waals surface area contributed by atoms with Crippen LogP contribution >= 0.6 is 23.2 Å². The van der Waals surface area contributed by atoms with Crippen molar-refractivity contribution in [2.24, 2.45) is 0 Å². The van der Waals surface area contributed by atoms with E-state index < -0.39 is 23.5 Å². The molecule has 0 aliphatic heterocycles. The molecule has 1 fully saturated rings. The van der Waals surface area contributed by atoms with Crippen LogP contribution in [-0.2, 0) is 22.6 Å². The Hall–Kier alpha value is -3.82. The lowest BCUT2D eigenvalue weighted by Gasteiger charge is -2.32. The van der Waals surface area contributed by atoms with Gasteiger partial charge >= 0.3 is 5.69 Å². The van der Waals surface area contributed by atoms with Crippen molar-refractivity contribution in [2.45, 2.75) is 50.7 Å². The summed E-state index contributed by atoms with van der Waals surface area (Å²) in [6, 6.07) is 17.7. The van der Waals surface area contributed by atoms with E-state index in [1.54, 1.807) is 18.2 Å². The number of rotatable bonds is 12. The molecule has 1 N–H and O–H groups in total. The highest BCUT2D eigenvalue weighted by atomic mass is 35.5. The molecule has 9 nitrogen and oxygen atoms in total. The number of carbonyl (C=O) groups is 2. The van der Waals surface area contributed by atoms with E-state index in [0.29, 0.717) is 15.6 Å². The zero-order valence-electron chi connectivity index (χ0n) is 22.6. The molecule has 1 aliphatic rings. The Morgan fingerprint density at radius 1 is 1.07 bits per heavy atom. The van der Waals surface area contributed by atoms with Crippen LogP contribution in [0.15, 0.2) is 66.7 Å². The number of nitrogens with one attached hydrogen (secondary N) is 1. The van der Waals surface area contributed by atoms with Crippen LogP contribution < -0.4 is 14.8 Å². The van der Waals surface area contributed by atoms with Gasteiger partial charge in [-0.2, -0.15) is 0 Å². The Kier molecular flexibility index (Phi) is 10.4. The first-order valence-electron chi connectivity index (χ1n) is 13.3. The zero-order valence-corrected chi connectivity index (χ0v) is 24.1. The van der Waals surface area contributed by atoms with E-state index in [1.165, 1.54) is 30.2 Å². The van der Waals surface area contributed by atoms with Crippen molar-refractivity contribution in [1.82, 2.24) is 10.2 Å². The number of amides is 2. The van der Waals surface area contributed by atoms with Crippen molar-refractivity contribution in [1.29, 1.82) is 0 Å². The van der Waals surface area contributed by atoms with Gasteiger partial charge in [0.25, 0.3) is 5.91 Å². The standard InChI is InChI=1S/C30H31Cl2N3O6/c1-40-28-17-24(13-14-26(28)35(38)39)41-19-29(36)34(18-21-11-12-22(31)16-25(21)32)27(15-20-7-3-2-4-8-20)30(37)33-23-9-5-6-10-23/h2-4,7-8,11-14,16-17,23,27H,5-6,9-10,15,18-19H2,1H3,(H,33,37)/t27-/m0/s1. The summed E-state index contributed by atoms with van der Waals surface area (Å²) in [5, 5.41) is 15.2. The average molecular weight is 600 g/mol. The molecule has 0 spiro atoms. The summed E-state index contributed by atoms with van der Waals surface area (Å²) in [5.41, 5.74) is 1.28. The minimum atomic E-state index is -0.854. The molecular weight excluding hydrogens is 569 g/mol. The SMILES string of the molecule is COc1cc(OCC(=O)N(Cc2ccc(Cl)cc2Cl)[C@@H](Cc2ccccc2)C(=O)NC2CCCC2)ccc1[N+](=O)[O-]. The van der Waals surface area contributed by atoms with Gasteiger partial charge in [-0.25, -0.2) is 0 Å². The predicted octanol–water partition coefficient (Wildman–Crippen LogP) is 5.99. The van der Waals surface area contributed by atoms with Crippen molar-refractivity contribution in [3.8, 4) is 11.5 Å². The Morgan fingerprint density at radius 3 is 2.46 bits per heavy atom. The van der Waals surface area contributed by atoms with Crippen molar-refractivity contribution < 1.29 is 24.0 Å². The number of methoxy groups -OCH3 is 1. The van der Waals surface area contributed by atoms with Gasteiger partial charge in [0.1, 0.15) is 11.8 Å². The number of nitro groups is 1. The number of hydrogen-bond acceptors (Lipinski definition) is 6. The number of carbonyl (C=O) groups excluding carboxylic acids is 2. The van der Waals surface area contributed by atoms with Crippen LogP contribution in [0.3, 0.4) is 0 Å². The third-order valence-electron chi connectivity index (χ3n) is 7.04. The maximum Gasteiger partial charge on any atom is 0.311 e. The second-order valence-corrected chi connectivity index (χ2v) is 10.7. The van der Waals surface area contributed by atoms with Gasteiger partial charge in [-0.05, 0) is 42.2 Å². The van der Waals surface area contributed by atoms with Crippen LogP contribution in [0, 0.1) is 10.1 Å². The summed E-state index contributed by atoms with van der Waals surface area (Å²) in [7, 11) is 1.31. The van der Waals surface area contributed by atoms with Crippen molar-refractivity contribution in [3.63, 3.8) is 0 Å². The van der Waals surface area contributed by atoms with E-state index in [1.807, 2.05) is 30.3 Å². The first kappa shape index (κ1) is 30.1. The van der Waals surface area contributed by atoms with Crippen LogP contribution in [0.25, 0.3) is 0 Å². The van der Waals surface area contributed by atoms with Gasteiger partial charge in [-0.3, -0.25) is 19.7 Å².